The summed E-state index contributed by atoms with van der Waals surface area (Å²) in [7, 11) is 0. The van der Waals surface area contributed by atoms with Crippen molar-refractivity contribution in [3.63, 3.8) is 0 Å². The van der Waals surface area contributed by atoms with Gasteiger partial charge in [-0.3, -0.25) is 0 Å². The number of benzene rings is 1. The van der Waals surface area contributed by atoms with Gasteiger partial charge in [0.15, 0.2) is 0 Å². The van der Waals surface area contributed by atoms with Gasteiger partial charge in [-0.25, -0.2) is 4.98 Å². The Morgan fingerprint density at radius 1 is 1.31 bits per heavy atom. The second-order valence-corrected chi connectivity index (χ2v) is 7.86. The van der Waals surface area contributed by atoms with Crippen LogP contribution in [0.15, 0.2) is 41.4 Å². The molecule has 0 aliphatic heterocycles. The largest absolute Gasteiger partial charge is 0.384 e. The molecule has 26 heavy (non-hydrogen) atoms. The second kappa shape index (κ2) is 8.85. The molecule has 2 heterocycles. The normalized spacial score (nSPS) is 10.4. The standard InChI is InChI=1S/C19H15ClN2OS3/c20-13-6-4-12(5-7-13)10-21-18(25)16-11-22-19-15(17(16)24)9-14(26-19)3-1-2-8-23/h4-7,9,11,23H,3,8,10H2,(H,21,25)(H,22,24). The number of thiocarbonyl (C=S) groups is 1. The van der Waals surface area contributed by atoms with Crippen LogP contribution in [0.3, 0.4) is 0 Å². The zero-order valence-electron chi connectivity index (χ0n) is 13.6. The smallest absolute Gasteiger partial charge is 0.124 e. The van der Waals surface area contributed by atoms with E-state index in [0.717, 1.165) is 31.1 Å². The van der Waals surface area contributed by atoms with Crippen LogP contribution in [0.1, 0.15) is 16.0 Å². The first kappa shape index (κ1) is 19.2. The number of aromatic nitrogens is 1. The Labute approximate surface area is 171 Å². The van der Waals surface area contributed by atoms with Crippen molar-refractivity contribution >= 4 is 63.0 Å². The molecule has 2 aromatic heterocycles. The first-order valence-corrected chi connectivity index (χ1v) is 9.83. The molecule has 0 atom stereocenters. The van der Waals surface area contributed by atoms with E-state index >= 15 is 0 Å². The summed E-state index contributed by atoms with van der Waals surface area (Å²) >= 11 is 17.7. The quantitative estimate of drug-likeness (QED) is 0.337. The fourth-order valence-corrected chi connectivity index (χ4v) is 4.15. The molecule has 1 aromatic carbocycles. The lowest BCUT2D eigenvalue weighted by atomic mass is 10.2. The number of thiophene rings is 1. The van der Waals surface area contributed by atoms with E-state index < -0.39 is 0 Å². The minimum absolute atomic E-state index is 0.126. The fraction of sp³-hybridized carbons (Fsp3) is 0.158. The number of halogens is 1. The van der Waals surface area contributed by atoms with E-state index in [4.69, 9.17) is 28.9 Å². The molecule has 3 rings (SSSR count). The van der Waals surface area contributed by atoms with Crippen molar-refractivity contribution < 1.29 is 5.11 Å². The number of thiol groups is 1. The summed E-state index contributed by atoms with van der Waals surface area (Å²) in [5, 5.41) is 13.7. The Morgan fingerprint density at radius 2 is 2.08 bits per heavy atom. The van der Waals surface area contributed by atoms with Crippen molar-refractivity contribution in [2.75, 3.05) is 6.61 Å². The maximum atomic E-state index is 8.75. The molecule has 0 saturated heterocycles. The van der Waals surface area contributed by atoms with Gasteiger partial charge in [-0.05, 0) is 23.8 Å². The molecule has 0 amide bonds. The number of hydrogen-bond donors (Lipinski definition) is 3. The summed E-state index contributed by atoms with van der Waals surface area (Å²) in [6, 6.07) is 9.66. The number of aliphatic hydroxyl groups excluding tert-OH is 1. The molecule has 0 unspecified atom stereocenters. The predicted molar refractivity (Wildman–Crippen MR) is 115 cm³/mol. The maximum absolute atomic E-state index is 8.75. The molecule has 132 valence electrons. The molecule has 0 spiro atoms. The predicted octanol–water partition coefficient (Wildman–Crippen LogP) is 4.24. The van der Waals surface area contributed by atoms with Gasteiger partial charge >= 0.3 is 0 Å². The highest BCUT2D eigenvalue weighted by Gasteiger charge is 2.12. The first-order chi connectivity index (χ1) is 12.6. The monoisotopic (exact) mass is 418 g/mol. The van der Waals surface area contributed by atoms with Crippen molar-refractivity contribution in [2.24, 2.45) is 0 Å². The Balaban J connectivity index is 1.77. The minimum atomic E-state index is -0.126. The lowest BCUT2D eigenvalue weighted by molar-refractivity contribution is 0.350. The first-order valence-electron chi connectivity index (χ1n) is 7.78. The van der Waals surface area contributed by atoms with Gasteiger partial charge in [0.1, 0.15) is 16.4 Å². The highest BCUT2D eigenvalue weighted by atomic mass is 35.5. The van der Waals surface area contributed by atoms with Crippen molar-refractivity contribution in [1.82, 2.24) is 10.3 Å². The number of fused-ring (bicyclic) bond motifs is 1. The molecule has 2 N–H and O–H groups in total. The SMILES string of the molecule is OCC#CCc1cc2c(S)c(C(=S)NCc3ccc(Cl)cc3)cnc2s1. The Hall–Kier alpha value is -1.62. The molecule has 7 heteroatoms. The number of rotatable bonds is 4. The zero-order chi connectivity index (χ0) is 18.5. The van der Waals surface area contributed by atoms with E-state index in [1.807, 2.05) is 30.3 Å². The molecule has 3 nitrogen and oxygen atoms in total. The summed E-state index contributed by atoms with van der Waals surface area (Å²) < 4.78 is 0. The molecular formula is C19H15ClN2OS3. The highest BCUT2D eigenvalue weighted by Crippen LogP contribution is 2.31. The van der Waals surface area contributed by atoms with Crippen LogP contribution in [-0.4, -0.2) is 21.7 Å². The summed E-state index contributed by atoms with van der Waals surface area (Å²) in [6.07, 6.45) is 2.34. The van der Waals surface area contributed by atoms with Crippen LogP contribution in [0.4, 0.5) is 0 Å². The summed E-state index contributed by atoms with van der Waals surface area (Å²) in [4.78, 5) is 7.90. The number of nitrogens with one attached hydrogen (secondary N) is 1. The molecule has 0 aliphatic rings. The molecular weight excluding hydrogens is 404 g/mol. The molecule has 3 aromatic rings. The summed E-state index contributed by atoms with van der Waals surface area (Å²) in [5.74, 6) is 5.58. The third kappa shape index (κ3) is 4.56. The van der Waals surface area contributed by atoms with Crippen LogP contribution in [0.25, 0.3) is 10.2 Å². The molecule has 0 bridgehead atoms. The molecule has 0 saturated carbocycles. The fourth-order valence-electron chi connectivity index (χ4n) is 2.36. The van der Waals surface area contributed by atoms with Crippen LogP contribution in [0, 0.1) is 11.8 Å². The third-order valence-corrected chi connectivity index (χ3v) is 5.80. The molecule has 0 fully saturated rings. The van der Waals surface area contributed by atoms with Gasteiger partial charge in [0.25, 0.3) is 0 Å². The lowest BCUT2D eigenvalue weighted by Crippen LogP contribution is -2.22. The van der Waals surface area contributed by atoms with Gasteiger partial charge in [0.2, 0.25) is 0 Å². The topological polar surface area (TPSA) is 45.1 Å². The van der Waals surface area contributed by atoms with Crippen LogP contribution < -0.4 is 5.32 Å². The van der Waals surface area contributed by atoms with E-state index in [1.54, 1.807) is 17.5 Å². The summed E-state index contributed by atoms with van der Waals surface area (Å²) in [6.45, 7) is 0.478. The van der Waals surface area contributed by atoms with Gasteiger partial charge in [-0.1, -0.05) is 47.8 Å². The number of hydrogen-bond acceptors (Lipinski definition) is 5. The second-order valence-electron chi connectivity index (χ2n) is 5.45. The van der Waals surface area contributed by atoms with Gasteiger partial charge in [0.05, 0.1) is 0 Å². The van der Waals surface area contributed by atoms with E-state index in [2.05, 4.69) is 34.8 Å². The number of aliphatic hydroxyl groups is 1. The average Bonchev–Trinajstić information content (AvgIpc) is 3.05. The Bertz CT molecular complexity index is 1000. The van der Waals surface area contributed by atoms with Gasteiger partial charge in [-0.15, -0.1) is 24.0 Å². The van der Waals surface area contributed by atoms with Gasteiger partial charge < -0.3 is 10.4 Å². The summed E-state index contributed by atoms with van der Waals surface area (Å²) in [5.41, 5.74) is 1.89. The van der Waals surface area contributed by atoms with Gasteiger partial charge in [-0.2, -0.15) is 0 Å². The van der Waals surface area contributed by atoms with E-state index in [1.165, 1.54) is 0 Å². The number of pyridine rings is 1. The zero-order valence-corrected chi connectivity index (χ0v) is 16.9. The van der Waals surface area contributed by atoms with E-state index in [-0.39, 0.29) is 6.61 Å². The molecule has 0 aliphatic carbocycles. The third-order valence-electron chi connectivity index (χ3n) is 3.66. The highest BCUT2D eigenvalue weighted by molar-refractivity contribution is 7.82. The Kier molecular flexibility index (Phi) is 6.52. The van der Waals surface area contributed by atoms with Gasteiger partial charge in [0, 0.05) is 44.9 Å². The van der Waals surface area contributed by atoms with Crippen LogP contribution in [0.2, 0.25) is 5.02 Å². The van der Waals surface area contributed by atoms with Crippen LogP contribution in [-0.2, 0) is 13.0 Å². The van der Waals surface area contributed by atoms with E-state index in [9.17, 15) is 0 Å². The van der Waals surface area contributed by atoms with Crippen LogP contribution in [0.5, 0.6) is 0 Å². The van der Waals surface area contributed by atoms with E-state index in [0.29, 0.717) is 23.0 Å². The maximum Gasteiger partial charge on any atom is 0.124 e. The lowest BCUT2D eigenvalue weighted by Gasteiger charge is -2.10. The van der Waals surface area contributed by atoms with Crippen LogP contribution >= 0.6 is 47.8 Å². The van der Waals surface area contributed by atoms with Crippen molar-refractivity contribution in [2.45, 2.75) is 17.9 Å². The van der Waals surface area contributed by atoms with Crippen molar-refractivity contribution in [3.05, 3.63) is 57.6 Å². The average molecular weight is 419 g/mol. The van der Waals surface area contributed by atoms with Crippen molar-refractivity contribution in [3.8, 4) is 11.8 Å². The number of nitrogens with zero attached hydrogens (tertiary/aromatic N) is 1. The minimum Gasteiger partial charge on any atom is -0.384 e. The van der Waals surface area contributed by atoms with Crippen molar-refractivity contribution in [1.29, 1.82) is 0 Å². The Morgan fingerprint density at radius 3 is 2.81 bits per heavy atom. The molecule has 0 radical (unpaired) electrons.